The number of aliphatic hydroxyl groups excluding tert-OH is 1. The van der Waals surface area contributed by atoms with Crippen molar-refractivity contribution in [1.82, 2.24) is 4.90 Å². The number of piperidine rings is 1. The summed E-state index contributed by atoms with van der Waals surface area (Å²) < 4.78 is 10.7. The number of aryl methyl sites for hydroxylation is 1. The van der Waals surface area contributed by atoms with Crippen molar-refractivity contribution in [2.24, 2.45) is 5.92 Å². The van der Waals surface area contributed by atoms with E-state index >= 15 is 0 Å². The Hall–Kier alpha value is -1.75. The zero-order chi connectivity index (χ0) is 16.2. The molecule has 2 aliphatic rings. The third-order valence-electron chi connectivity index (χ3n) is 4.92. The molecular weight excluding hydrogens is 294 g/mol. The van der Waals surface area contributed by atoms with E-state index in [9.17, 15) is 9.90 Å². The SMILES string of the molecule is CCC(O)C1CCN(C(=O)CCc2ccc3c(c2)OCO3)CC1. The Morgan fingerprint density at radius 3 is 2.78 bits per heavy atom. The number of aliphatic hydroxyl groups is 1. The Bertz CT molecular complexity index is 552. The molecule has 3 rings (SSSR count). The summed E-state index contributed by atoms with van der Waals surface area (Å²) >= 11 is 0. The Balaban J connectivity index is 1.47. The average molecular weight is 319 g/mol. The molecular formula is C18H25NO4. The largest absolute Gasteiger partial charge is 0.454 e. The van der Waals surface area contributed by atoms with Gasteiger partial charge in [0.25, 0.3) is 0 Å². The molecule has 5 heteroatoms. The highest BCUT2D eigenvalue weighted by molar-refractivity contribution is 5.76. The van der Waals surface area contributed by atoms with Crippen LogP contribution in [0.25, 0.3) is 0 Å². The first kappa shape index (κ1) is 16.1. The van der Waals surface area contributed by atoms with Gasteiger partial charge in [-0.1, -0.05) is 13.0 Å². The minimum absolute atomic E-state index is 0.201. The highest BCUT2D eigenvalue weighted by Crippen LogP contribution is 2.32. The summed E-state index contributed by atoms with van der Waals surface area (Å²) in [5.41, 5.74) is 1.10. The van der Waals surface area contributed by atoms with Gasteiger partial charge in [0.2, 0.25) is 12.7 Å². The van der Waals surface area contributed by atoms with Gasteiger partial charge in [0.15, 0.2) is 11.5 Å². The summed E-state index contributed by atoms with van der Waals surface area (Å²) in [6.45, 7) is 3.81. The Morgan fingerprint density at radius 1 is 1.30 bits per heavy atom. The Morgan fingerprint density at radius 2 is 2.04 bits per heavy atom. The third-order valence-corrected chi connectivity index (χ3v) is 4.92. The molecule has 2 aliphatic heterocycles. The van der Waals surface area contributed by atoms with Gasteiger partial charge in [-0.25, -0.2) is 0 Å². The third kappa shape index (κ3) is 3.78. The molecule has 1 N–H and O–H groups in total. The van der Waals surface area contributed by atoms with Crippen LogP contribution >= 0.6 is 0 Å². The molecule has 1 atom stereocenters. The molecule has 0 bridgehead atoms. The molecule has 5 nitrogen and oxygen atoms in total. The van der Waals surface area contributed by atoms with Crippen molar-refractivity contribution in [3.63, 3.8) is 0 Å². The quantitative estimate of drug-likeness (QED) is 0.905. The second-order valence-corrected chi connectivity index (χ2v) is 6.38. The number of nitrogens with zero attached hydrogens (tertiary/aromatic N) is 1. The summed E-state index contributed by atoms with van der Waals surface area (Å²) in [6.07, 6.45) is 3.62. The second kappa shape index (κ2) is 7.21. The highest BCUT2D eigenvalue weighted by Gasteiger charge is 2.26. The number of rotatable bonds is 5. The van der Waals surface area contributed by atoms with E-state index in [2.05, 4.69) is 0 Å². The number of carbonyl (C=O) groups excluding carboxylic acids is 1. The van der Waals surface area contributed by atoms with Crippen LogP contribution in [-0.2, 0) is 11.2 Å². The van der Waals surface area contributed by atoms with Crippen molar-refractivity contribution in [3.05, 3.63) is 23.8 Å². The van der Waals surface area contributed by atoms with Crippen LogP contribution in [0, 0.1) is 5.92 Å². The van der Waals surface area contributed by atoms with Crippen LogP contribution < -0.4 is 9.47 Å². The Kier molecular flexibility index (Phi) is 5.06. The number of carbonyl (C=O) groups is 1. The van der Waals surface area contributed by atoms with E-state index in [1.807, 2.05) is 30.0 Å². The number of ether oxygens (including phenoxy) is 2. The number of fused-ring (bicyclic) bond motifs is 1. The minimum atomic E-state index is -0.221. The number of hydrogen-bond donors (Lipinski definition) is 1. The fourth-order valence-corrected chi connectivity index (χ4v) is 3.37. The van der Waals surface area contributed by atoms with E-state index in [1.54, 1.807) is 0 Å². The minimum Gasteiger partial charge on any atom is -0.454 e. The molecule has 0 radical (unpaired) electrons. The molecule has 2 heterocycles. The average Bonchev–Trinajstić information content (AvgIpc) is 3.06. The van der Waals surface area contributed by atoms with Crippen LogP contribution in [0.15, 0.2) is 18.2 Å². The molecule has 1 saturated heterocycles. The zero-order valence-corrected chi connectivity index (χ0v) is 13.7. The molecule has 0 spiro atoms. The summed E-state index contributed by atoms with van der Waals surface area (Å²) in [7, 11) is 0. The number of hydrogen-bond acceptors (Lipinski definition) is 4. The fourth-order valence-electron chi connectivity index (χ4n) is 3.37. The maximum absolute atomic E-state index is 12.4. The van der Waals surface area contributed by atoms with Gasteiger partial charge in [-0.2, -0.15) is 0 Å². The van der Waals surface area contributed by atoms with Gasteiger partial charge in [0.1, 0.15) is 0 Å². The van der Waals surface area contributed by atoms with Gasteiger partial charge in [0, 0.05) is 19.5 Å². The highest BCUT2D eigenvalue weighted by atomic mass is 16.7. The topological polar surface area (TPSA) is 59.0 Å². The predicted molar refractivity (Wildman–Crippen MR) is 86.5 cm³/mol. The van der Waals surface area contributed by atoms with Crippen LogP contribution in [0.4, 0.5) is 0 Å². The van der Waals surface area contributed by atoms with E-state index in [-0.39, 0.29) is 18.8 Å². The van der Waals surface area contributed by atoms with Gasteiger partial charge in [0.05, 0.1) is 6.10 Å². The van der Waals surface area contributed by atoms with Crippen molar-refractivity contribution in [2.75, 3.05) is 19.9 Å². The van der Waals surface area contributed by atoms with E-state index < -0.39 is 0 Å². The maximum Gasteiger partial charge on any atom is 0.231 e. The second-order valence-electron chi connectivity index (χ2n) is 6.38. The normalized spacial score (nSPS) is 19.0. The lowest BCUT2D eigenvalue weighted by molar-refractivity contribution is -0.133. The summed E-state index contributed by atoms with van der Waals surface area (Å²) in [4.78, 5) is 14.3. The fraction of sp³-hybridized carbons (Fsp3) is 0.611. The lowest BCUT2D eigenvalue weighted by atomic mass is 9.90. The standard InChI is InChI=1S/C18H25NO4/c1-2-15(20)14-7-9-19(10-8-14)18(21)6-4-13-3-5-16-17(11-13)23-12-22-16/h3,5,11,14-15,20H,2,4,6-10,12H2,1H3. The van der Waals surface area contributed by atoms with Gasteiger partial charge in [-0.3, -0.25) is 4.79 Å². The summed E-state index contributed by atoms with van der Waals surface area (Å²) in [5.74, 6) is 2.09. The lowest BCUT2D eigenvalue weighted by Gasteiger charge is -2.34. The molecule has 1 fully saturated rings. The van der Waals surface area contributed by atoms with Crippen LogP contribution in [-0.4, -0.2) is 41.9 Å². The van der Waals surface area contributed by atoms with E-state index in [4.69, 9.17) is 9.47 Å². The van der Waals surface area contributed by atoms with Gasteiger partial charge < -0.3 is 19.5 Å². The molecule has 1 aromatic carbocycles. The number of benzene rings is 1. The van der Waals surface area contributed by atoms with Crippen molar-refractivity contribution >= 4 is 5.91 Å². The molecule has 23 heavy (non-hydrogen) atoms. The number of likely N-dealkylation sites (tertiary alicyclic amines) is 1. The van der Waals surface area contributed by atoms with Crippen molar-refractivity contribution < 1.29 is 19.4 Å². The predicted octanol–water partition coefficient (Wildman–Crippen LogP) is 2.36. The molecule has 126 valence electrons. The lowest BCUT2D eigenvalue weighted by Crippen LogP contribution is -2.41. The van der Waals surface area contributed by atoms with E-state index in [1.165, 1.54) is 0 Å². The van der Waals surface area contributed by atoms with Crippen LogP contribution in [0.3, 0.4) is 0 Å². The van der Waals surface area contributed by atoms with Crippen molar-refractivity contribution in [3.8, 4) is 11.5 Å². The first-order valence-corrected chi connectivity index (χ1v) is 8.51. The van der Waals surface area contributed by atoms with E-state index in [0.29, 0.717) is 18.8 Å². The molecule has 1 amide bonds. The van der Waals surface area contributed by atoms with Crippen LogP contribution in [0.5, 0.6) is 11.5 Å². The first-order chi connectivity index (χ1) is 11.2. The molecule has 1 aromatic rings. The van der Waals surface area contributed by atoms with Gasteiger partial charge >= 0.3 is 0 Å². The van der Waals surface area contributed by atoms with E-state index in [0.717, 1.165) is 49.4 Å². The monoisotopic (exact) mass is 319 g/mol. The van der Waals surface area contributed by atoms with Crippen LogP contribution in [0.2, 0.25) is 0 Å². The molecule has 0 aromatic heterocycles. The van der Waals surface area contributed by atoms with Crippen molar-refractivity contribution in [2.45, 2.75) is 45.1 Å². The molecule has 1 unspecified atom stereocenters. The van der Waals surface area contributed by atoms with Crippen molar-refractivity contribution in [1.29, 1.82) is 0 Å². The van der Waals surface area contributed by atoms with Gasteiger partial charge in [-0.15, -0.1) is 0 Å². The summed E-state index contributed by atoms with van der Waals surface area (Å²) in [6, 6.07) is 5.85. The smallest absolute Gasteiger partial charge is 0.231 e. The van der Waals surface area contributed by atoms with Crippen LogP contribution in [0.1, 0.15) is 38.2 Å². The number of amides is 1. The Labute approximate surface area is 137 Å². The first-order valence-electron chi connectivity index (χ1n) is 8.51. The molecule has 0 aliphatic carbocycles. The summed E-state index contributed by atoms with van der Waals surface area (Å²) in [5, 5.41) is 9.91. The maximum atomic E-state index is 12.4. The zero-order valence-electron chi connectivity index (χ0n) is 13.7. The van der Waals surface area contributed by atoms with Gasteiger partial charge in [-0.05, 0) is 49.3 Å². The molecule has 0 saturated carbocycles.